The Morgan fingerprint density at radius 3 is 2.47 bits per heavy atom. The topological polar surface area (TPSA) is 58.6 Å². The highest BCUT2D eigenvalue weighted by molar-refractivity contribution is 6.42. The van der Waals surface area contributed by atoms with Gasteiger partial charge in [-0.1, -0.05) is 66.3 Å². The molecule has 0 aromatic heterocycles. The molecule has 162 valence electrons. The van der Waals surface area contributed by atoms with Crippen LogP contribution in [-0.4, -0.2) is 35.9 Å². The molecule has 0 aliphatic rings. The van der Waals surface area contributed by atoms with E-state index in [1.807, 2.05) is 6.92 Å². The standard InChI is InChI=1S/C22H25Cl3N2O3/c1-3-4-11-26-22(29)15(2)27(13-16-9-10-17(23)19(25)12-16)21(28)14-30-20-8-6-5-7-18(20)24/h5-10,12,15H,3-4,11,13-14H2,1-2H3,(H,26,29)/t15-/m0/s1. The monoisotopic (exact) mass is 470 g/mol. The second kappa shape index (κ2) is 12.0. The van der Waals surface area contributed by atoms with Gasteiger partial charge in [0.05, 0.1) is 15.1 Å². The second-order valence-electron chi connectivity index (χ2n) is 6.81. The summed E-state index contributed by atoms with van der Waals surface area (Å²) in [6, 6.07) is 11.3. The van der Waals surface area contributed by atoms with E-state index in [0.717, 1.165) is 18.4 Å². The van der Waals surface area contributed by atoms with Crippen LogP contribution in [0.15, 0.2) is 42.5 Å². The van der Waals surface area contributed by atoms with Crippen molar-refractivity contribution in [1.29, 1.82) is 0 Å². The third-order valence-corrected chi connectivity index (χ3v) is 5.57. The predicted octanol–water partition coefficient (Wildman–Crippen LogP) is 5.36. The number of rotatable bonds is 10. The van der Waals surface area contributed by atoms with Gasteiger partial charge in [-0.25, -0.2) is 0 Å². The maximum absolute atomic E-state index is 13.0. The van der Waals surface area contributed by atoms with E-state index in [2.05, 4.69) is 5.32 Å². The number of nitrogens with zero attached hydrogens (tertiary/aromatic N) is 1. The van der Waals surface area contributed by atoms with Crippen LogP contribution >= 0.6 is 34.8 Å². The highest BCUT2D eigenvalue weighted by Crippen LogP contribution is 2.25. The number of amides is 2. The average molecular weight is 472 g/mol. The average Bonchev–Trinajstić information content (AvgIpc) is 2.73. The zero-order valence-electron chi connectivity index (χ0n) is 17.0. The molecule has 0 fully saturated rings. The molecule has 0 heterocycles. The first-order valence-corrected chi connectivity index (χ1v) is 10.8. The number of hydrogen-bond acceptors (Lipinski definition) is 3. The molecule has 0 unspecified atom stereocenters. The third kappa shape index (κ3) is 7.08. The lowest BCUT2D eigenvalue weighted by atomic mass is 10.1. The molecule has 0 radical (unpaired) electrons. The molecule has 0 bridgehead atoms. The SMILES string of the molecule is CCCCNC(=O)[C@H](C)N(Cc1ccc(Cl)c(Cl)c1)C(=O)COc1ccccc1Cl. The molecule has 0 saturated heterocycles. The molecule has 0 aliphatic carbocycles. The van der Waals surface area contributed by atoms with Gasteiger partial charge in [0.15, 0.2) is 6.61 Å². The highest BCUT2D eigenvalue weighted by atomic mass is 35.5. The number of halogens is 3. The Hall–Kier alpha value is -1.95. The van der Waals surface area contributed by atoms with Gasteiger partial charge in [0.25, 0.3) is 5.91 Å². The zero-order chi connectivity index (χ0) is 22.1. The van der Waals surface area contributed by atoms with Crippen LogP contribution < -0.4 is 10.1 Å². The lowest BCUT2D eigenvalue weighted by Gasteiger charge is -2.29. The molecule has 0 saturated carbocycles. The van der Waals surface area contributed by atoms with Crippen LogP contribution in [0.1, 0.15) is 32.3 Å². The molecule has 5 nitrogen and oxygen atoms in total. The van der Waals surface area contributed by atoms with Crippen molar-refractivity contribution >= 4 is 46.6 Å². The summed E-state index contributed by atoms with van der Waals surface area (Å²) in [5.41, 5.74) is 0.753. The number of para-hydroxylation sites is 1. The van der Waals surface area contributed by atoms with Crippen LogP contribution in [-0.2, 0) is 16.1 Å². The number of nitrogens with one attached hydrogen (secondary N) is 1. The summed E-state index contributed by atoms with van der Waals surface area (Å²) in [6.07, 6.45) is 1.83. The molecule has 2 amide bonds. The van der Waals surface area contributed by atoms with Crippen molar-refractivity contribution in [1.82, 2.24) is 10.2 Å². The van der Waals surface area contributed by atoms with Crippen LogP contribution in [0.25, 0.3) is 0 Å². The second-order valence-corrected chi connectivity index (χ2v) is 8.03. The van der Waals surface area contributed by atoms with Crippen molar-refractivity contribution in [3.63, 3.8) is 0 Å². The molecular weight excluding hydrogens is 447 g/mol. The van der Waals surface area contributed by atoms with Crippen molar-refractivity contribution in [2.24, 2.45) is 0 Å². The number of carbonyl (C=O) groups excluding carboxylic acids is 2. The minimum atomic E-state index is -0.696. The van der Waals surface area contributed by atoms with E-state index in [1.54, 1.807) is 49.4 Å². The summed E-state index contributed by atoms with van der Waals surface area (Å²) in [5.74, 6) is -0.171. The molecule has 2 aromatic rings. The molecule has 1 N–H and O–H groups in total. The fourth-order valence-electron chi connectivity index (χ4n) is 2.74. The quantitative estimate of drug-likeness (QED) is 0.475. The number of ether oxygens (including phenoxy) is 1. The lowest BCUT2D eigenvalue weighted by molar-refractivity contribution is -0.142. The summed E-state index contributed by atoms with van der Waals surface area (Å²) in [4.78, 5) is 27.0. The zero-order valence-corrected chi connectivity index (χ0v) is 19.2. The summed E-state index contributed by atoms with van der Waals surface area (Å²) >= 11 is 18.2. The Labute approximate surface area is 192 Å². The first-order chi connectivity index (χ1) is 14.3. The molecule has 8 heteroatoms. The van der Waals surface area contributed by atoms with Gasteiger partial charge < -0.3 is 15.0 Å². The van der Waals surface area contributed by atoms with E-state index in [9.17, 15) is 9.59 Å². The molecule has 0 aliphatic heterocycles. The maximum atomic E-state index is 13.0. The van der Waals surface area contributed by atoms with Crippen LogP contribution in [0.2, 0.25) is 15.1 Å². The Balaban J connectivity index is 2.15. The van der Waals surface area contributed by atoms with Crippen molar-refractivity contribution in [3.8, 4) is 5.75 Å². The van der Waals surface area contributed by atoms with E-state index < -0.39 is 6.04 Å². The molecule has 30 heavy (non-hydrogen) atoms. The number of hydrogen-bond donors (Lipinski definition) is 1. The minimum Gasteiger partial charge on any atom is -0.482 e. The van der Waals surface area contributed by atoms with Crippen LogP contribution in [0.5, 0.6) is 5.75 Å². The number of benzene rings is 2. The Morgan fingerprint density at radius 1 is 1.07 bits per heavy atom. The van der Waals surface area contributed by atoms with Gasteiger partial charge >= 0.3 is 0 Å². The largest absolute Gasteiger partial charge is 0.482 e. The minimum absolute atomic E-state index is 0.184. The van der Waals surface area contributed by atoms with Gasteiger partial charge in [0.1, 0.15) is 11.8 Å². The molecule has 1 atom stereocenters. The first kappa shape index (κ1) is 24.3. The Kier molecular flexibility index (Phi) is 9.76. The van der Waals surface area contributed by atoms with Gasteiger partial charge in [0.2, 0.25) is 5.91 Å². The Morgan fingerprint density at radius 2 is 1.80 bits per heavy atom. The lowest BCUT2D eigenvalue weighted by Crippen LogP contribution is -2.49. The van der Waals surface area contributed by atoms with Crippen molar-refractivity contribution in [2.75, 3.05) is 13.2 Å². The van der Waals surface area contributed by atoms with Gasteiger partial charge in [-0.2, -0.15) is 0 Å². The molecular formula is C22H25Cl3N2O3. The summed E-state index contributed by atoms with van der Waals surface area (Å²) in [7, 11) is 0. The maximum Gasteiger partial charge on any atom is 0.261 e. The number of unbranched alkanes of at least 4 members (excludes halogenated alkanes) is 1. The summed E-state index contributed by atoms with van der Waals surface area (Å²) in [6.45, 7) is 4.22. The highest BCUT2D eigenvalue weighted by Gasteiger charge is 2.26. The van der Waals surface area contributed by atoms with E-state index in [4.69, 9.17) is 39.5 Å². The van der Waals surface area contributed by atoms with Gasteiger partial charge in [0, 0.05) is 13.1 Å². The molecule has 0 spiro atoms. The Bertz CT molecular complexity index is 876. The van der Waals surface area contributed by atoms with E-state index in [-0.39, 0.29) is 25.0 Å². The van der Waals surface area contributed by atoms with Crippen LogP contribution in [0.4, 0.5) is 0 Å². The number of carbonyl (C=O) groups is 2. The van der Waals surface area contributed by atoms with Gasteiger partial charge in [-0.15, -0.1) is 0 Å². The third-order valence-electron chi connectivity index (χ3n) is 4.52. The van der Waals surface area contributed by atoms with E-state index in [1.165, 1.54) is 4.90 Å². The molecule has 2 rings (SSSR count). The molecule has 2 aromatic carbocycles. The fraction of sp³-hybridized carbons (Fsp3) is 0.364. The first-order valence-electron chi connectivity index (χ1n) is 9.72. The predicted molar refractivity (Wildman–Crippen MR) is 121 cm³/mol. The summed E-state index contributed by atoms with van der Waals surface area (Å²) < 4.78 is 5.59. The van der Waals surface area contributed by atoms with Crippen LogP contribution in [0.3, 0.4) is 0 Å². The van der Waals surface area contributed by atoms with E-state index >= 15 is 0 Å². The van der Waals surface area contributed by atoms with Crippen LogP contribution in [0, 0.1) is 0 Å². The van der Waals surface area contributed by atoms with Crippen molar-refractivity contribution < 1.29 is 14.3 Å². The van der Waals surface area contributed by atoms with Crippen molar-refractivity contribution in [3.05, 3.63) is 63.1 Å². The van der Waals surface area contributed by atoms with Crippen molar-refractivity contribution in [2.45, 2.75) is 39.3 Å². The van der Waals surface area contributed by atoms with Gasteiger partial charge in [-0.3, -0.25) is 9.59 Å². The normalized spacial score (nSPS) is 11.6. The smallest absolute Gasteiger partial charge is 0.261 e. The van der Waals surface area contributed by atoms with E-state index in [0.29, 0.717) is 27.4 Å². The summed E-state index contributed by atoms with van der Waals surface area (Å²) in [5, 5.41) is 4.08. The van der Waals surface area contributed by atoms with Gasteiger partial charge in [-0.05, 0) is 43.2 Å². The fourth-order valence-corrected chi connectivity index (χ4v) is 3.25.